The van der Waals surface area contributed by atoms with Gasteiger partial charge < -0.3 is 10.1 Å². The first-order valence-corrected chi connectivity index (χ1v) is 9.28. The molecule has 0 atom stereocenters. The van der Waals surface area contributed by atoms with Crippen LogP contribution in [0, 0.1) is 18.3 Å². The zero-order valence-corrected chi connectivity index (χ0v) is 15.3. The van der Waals surface area contributed by atoms with Crippen LogP contribution < -0.4 is 0 Å². The number of nitrogens with zero attached hydrogens (tertiary/aromatic N) is 4. The molecule has 4 rings (SSSR count). The van der Waals surface area contributed by atoms with Crippen LogP contribution in [0.1, 0.15) is 11.5 Å². The minimum Gasteiger partial charge on any atom is -0.510 e. The van der Waals surface area contributed by atoms with Gasteiger partial charge in [0.25, 0.3) is 0 Å². The normalized spacial score (nSPS) is 12.1. The summed E-state index contributed by atoms with van der Waals surface area (Å²) in [7, 11) is 0. The van der Waals surface area contributed by atoms with Crippen LogP contribution in [0.25, 0.3) is 27.5 Å². The number of aromatic nitrogens is 4. The van der Waals surface area contributed by atoms with Crippen molar-refractivity contribution in [1.29, 1.82) is 5.26 Å². The van der Waals surface area contributed by atoms with Crippen LogP contribution in [-0.2, 0) is 0 Å². The number of aromatic amines is 1. The van der Waals surface area contributed by atoms with Gasteiger partial charge in [-0.1, -0.05) is 42.1 Å². The van der Waals surface area contributed by atoms with Crippen LogP contribution in [0.4, 0.5) is 0 Å². The highest BCUT2D eigenvalue weighted by Crippen LogP contribution is 2.25. The Kier molecular flexibility index (Phi) is 4.48. The standard InChI is InChI=1S/C20H15N5OS/c1-12-13-6-2-3-7-15(13)25-20(22-12)27-11-18(26)14(10-21)19-23-16-8-4-5-9-17(16)24-19/h2-9,26H,11H2,1H3,(H,23,24). The summed E-state index contributed by atoms with van der Waals surface area (Å²) in [6, 6.07) is 17.3. The van der Waals surface area contributed by atoms with Gasteiger partial charge in [-0.2, -0.15) is 5.26 Å². The van der Waals surface area contributed by atoms with Crippen molar-refractivity contribution in [2.75, 3.05) is 5.75 Å². The lowest BCUT2D eigenvalue weighted by Gasteiger charge is -2.05. The maximum absolute atomic E-state index is 10.5. The minimum absolute atomic E-state index is 0.0593. The summed E-state index contributed by atoms with van der Waals surface area (Å²) in [6.45, 7) is 1.93. The van der Waals surface area contributed by atoms with Crippen molar-refractivity contribution in [3.8, 4) is 6.07 Å². The Balaban J connectivity index is 1.62. The number of aliphatic hydroxyl groups is 1. The van der Waals surface area contributed by atoms with E-state index < -0.39 is 0 Å². The maximum Gasteiger partial charge on any atom is 0.188 e. The van der Waals surface area contributed by atoms with Gasteiger partial charge in [-0.15, -0.1) is 0 Å². The Morgan fingerprint density at radius 3 is 2.59 bits per heavy atom. The molecule has 0 saturated heterocycles. The Labute approximate surface area is 159 Å². The average molecular weight is 373 g/mol. The number of hydrogen-bond acceptors (Lipinski definition) is 6. The molecule has 0 unspecified atom stereocenters. The molecule has 0 radical (unpaired) electrons. The highest BCUT2D eigenvalue weighted by atomic mass is 32.2. The third kappa shape index (κ3) is 3.35. The molecule has 0 fully saturated rings. The van der Waals surface area contributed by atoms with Crippen molar-refractivity contribution < 1.29 is 5.11 Å². The highest BCUT2D eigenvalue weighted by Gasteiger charge is 2.14. The molecule has 6 nitrogen and oxygen atoms in total. The predicted octanol–water partition coefficient (Wildman–Crippen LogP) is 4.40. The van der Waals surface area contributed by atoms with E-state index in [4.69, 9.17) is 0 Å². The summed E-state index contributed by atoms with van der Waals surface area (Å²) >= 11 is 1.28. The first kappa shape index (κ1) is 17.1. The average Bonchev–Trinajstić information content (AvgIpc) is 3.10. The number of allylic oxidation sites excluding steroid dienone is 1. The third-order valence-electron chi connectivity index (χ3n) is 4.14. The number of nitriles is 1. The van der Waals surface area contributed by atoms with Gasteiger partial charge >= 0.3 is 0 Å². The number of H-pyrrole nitrogens is 1. The van der Waals surface area contributed by atoms with E-state index in [-0.39, 0.29) is 17.1 Å². The Morgan fingerprint density at radius 2 is 1.81 bits per heavy atom. The molecule has 0 saturated carbocycles. The number of thioether (sulfide) groups is 1. The summed E-state index contributed by atoms with van der Waals surface area (Å²) in [5.41, 5.74) is 3.41. The molecule has 4 aromatic rings. The zero-order valence-electron chi connectivity index (χ0n) is 14.5. The highest BCUT2D eigenvalue weighted by molar-refractivity contribution is 7.99. The van der Waals surface area contributed by atoms with Crippen molar-refractivity contribution in [2.24, 2.45) is 0 Å². The molecule has 2 aromatic heterocycles. The Bertz CT molecular complexity index is 1190. The zero-order chi connectivity index (χ0) is 18.8. The molecule has 2 aromatic carbocycles. The van der Waals surface area contributed by atoms with Gasteiger partial charge in [-0.05, 0) is 25.1 Å². The van der Waals surface area contributed by atoms with E-state index in [1.165, 1.54) is 11.8 Å². The lowest BCUT2D eigenvalue weighted by atomic mass is 10.2. The van der Waals surface area contributed by atoms with Gasteiger partial charge in [-0.25, -0.2) is 15.0 Å². The van der Waals surface area contributed by atoms with Gasteiger partial charge in [0.15, 0.2) is 11.0 Å². The third-order valence-corrected chi connectivity index (χ3v) is 5.00. The fourth-order valence-electron chi connectivity index (χ4n) is 2.80. The molecule has 132 valence electrons. The molecular formula is C20H15N5OS. The van der Waals surface area contributed by atoms with Crippen LogP contribution in [0.5, 0.6) is 0 Å². The number of imidazole rings is 1. The first-order valence-electron chi connectivity index (χ1n) is 8.29. The quantitative estimate of drug-likeness (QED) is 0.238. The van der Waals surface area contributed by atoms with Gasteiger partial charge in [-0.3, -0.25) is 0 Å². The molecule has 0 aliphatic rings. The van der Waals surface area contributed by atoms with E-state index in [1.807, 2.05) is 61.5 Å². The number of nitrogens with one attached hydrogen (secondary N) is 1. The van der Waals surface area contributed by atoms with Crippen molar-refractivity contribution in [3.05, 3.63) is 65.8 Å². The summed E-state index contributed by atoms with van der Waals surface area (Å²) < 4.78 is 0. The number of para-hydroxylation sites is 3. The summed E-state index contributed by atoms with van der Waals surface area (Å²) in [4.78, 5) is 16.4. The summed E-state index contributed by atoms with van der Waals surface area (Å²) in [6.07, 6.45) is 0. The number of hydrogen-bond donors (Lipinski definition) is 2. The van der Waals surface area contributed by atoms with Crippen molar-refractivity contribution in [3.63, 3.8) is 0 Å². The number of aryl methyl sites for hydroxylation is 1. The molecule has 2 heterocycles. The fraction of sp³-hybridized carbons (Fsp3) is 0.100. The Hall–Kier alpha value is -3.37. The molecule has 2 N–H and O–H groups in total. The molecule has 7 heteroatoms. The fourth-order valence-corrected chi connectivity index (χ4v) is 3.58. The molecule has 0 aliphatic heterocycles. The van der Waals surface area contributed by atoms with Crippen molar-refractivity contribution in [2.45, 2.75) is 12.1 Å². The maximum atomic E-state index is 10.5. The van der Waals surface area contributed by atoms with Crippen LogP contribution in [-0.4, -0.2) is 30.8 Å². The molecular weight excluding hydrogens is 358 g/mol. The summed E-state index contributed by atoms with van der Waals surface area (Å²) in [5.74, 6) is 0.473. The SMILES string of the molecule is Cc1nc(SCC(O)=C(C#N)c2nc3ccccc3[nH]2)nc2ccccc12. The van der Waals surface area contributed by atoms with Gasteiger partial charge in [0.05, 0.1) is 22.3 Å². The number of rotatable bonds is 4. The van der Waals surface area contributed by atoms with Gasteiger partial charge in [0.2, 0.25) is 0 Å². The second-order valence-electron chi connectivity index (χ2n) is 5.93. The van der Waals surface area contributed by atoms with Crippen molar-refractivity contribution in [1.82, 2.24) is 19.9 Å². The van der Waals surface area contributed by atoms with Crippen LogP contribution in [0.15, 0.2) is 59.4 Å². The summed E-state index contributed by atoms with van der Waals surface area (Å²) in [5, 5.41) is 21.5. The first-order chi connectivity index (χ1) is 13.2. The molecule has 0 aliphatic carbocycles. The van der Waals surface area contributed by atoms with Crippen LogP contribution >= 0.6 is 11.8 Å². The lowest BCUT2D eigenvalue weighted by molar-refractivity contribution is 0.420. The molecule has 0 spiro atoms. The van der Waals surface area contributed by atoms with Gasteiger partial charge in [0, 0.05) is 11.1 Å². The van der Waals surface area contributed by atoms with E-state index in [0.717, 1.165) is 27.6 Å². The number of benzene rings is 2. The van der Waals surface area contributed by atoms with E-state index in [0.29, 0.717) is 11.0 Å². The second kappa shape index (κ2) is 7.09. The smallest absolute Gasteiger partial charge is 0.188 e. The topological polar surface area (TPSA) is 98.5 Å². The number of aliphatic hydroxyl groups excluding tert-OH is 1. The van der Waals surface area contributed by atoms with E-state index in [2.05, 4.69) is 19.9 Å². The van der Waals surface area contributed by atoms with E-state index in [9.17, 15) is 10.4 Å². The van der Waals surface area contributed by atoms with Gasteiger partial charge in [0.1, 0.15) is 17.4 Å². The number of fused-ring (bicyclic) bond motifs is 2. The Morgan fingerprint density at radius 1 is 1.07 bits per heavy atom. The minimum atomic E-state index is -0.0593. The predicted molar refractivity (Wildman–Crippen MR) is 106 cm³/mol. The monoisotopic (exact) mass is 373 g/mol. The van der Waals surface area contributed by atoms with Crippen molar-refractivity contribution >= 4 is 39.3 Å². The van der Waals surface area contributed by atoms with E-state index in [1.54, 1.807) is 0 Å². The molecule has 0 amide bonds. The second-order valence-corrected chi connectivity index (χ2v) is 6.88. The van der Waals surface area contributed by atoms with E-state index >= 15 is 0 Å². The molecule has 0 bridgehead atoms. The molecule has 27 heavy (non-hydrogen) atoms. The largest absolute Gasteiger partial charge is 0.510 e. The van der Waals surface area contributed by atoms with Crippen LogP contribution in [0.3, 0.4) is 0 Å². The lowest BCUT2D eigenvalue weighted by Crippen LogP contribution is -1.98. The van der Waals surface area contributed by atoms with Crippen LogP contribution in [0.2, 0.25) is 0 Å².